The van der Waals surface area contributed by atoms with Gasteiger partial charge in [0.15, 0.2) is 0 Å². The lowest BCUT2D eigenvalue weighted by Gasteiger charge is -2.60. The summed E-state index contributed by atoms with van der Waals surface area (Å²) in [7, 11) is 1.89. The van der Waals surface area contributed by atoms with E-state index < -0.39 is 5.41 Å². The highest BCUT2D eigenvalue weighted by molar-refractivity contribution is 8.23. The maximum atomic E-state index is 13.4. The van der Waals surface area contributed by atoms with Gasteiger partial charge in [-0.3, -0.25) is 9.59 Å². The molecule has 10 heteroatoms. The zero-order valence-electron chi connectivity index (χ0n) is 25.7. The molecule has 0 aromatic heterocycles. The molecule has 0 radical (unpaired) electrons. The van der Waals surface area contributed by atoms with Crippen LogP contribution in [0.15, 0.2) is 48.1 Å². The molecule has 1 aromatic rings. The van der Waals surface area contributed by atoms with Gasteiger partial charge in [-0.1, -0.05) is 62.1 Å². The number of esters is 3. The normalized spacial score (nSPS) is 29.2. The fourth-order valence-corrected chi connectivity index (χ4v) is 8.99. The number of thiocarbonyl (C=S) groups is 1. The lowest BCUT2D eigenvalue weighted by Crippen LogP contribution is -2.59. The molecule has 0 N–H and O–H groups in total. The number of benzene rings is 1. The fraction of sp³-hybridized carbons (Fsp3) is 0.576. The van der Waals surface area contributed by atoms with Crippen LogP contribution in [0.4, 0.5) is 4.39 Å². The topological polar surface area (TPSA) is 82.1 Å². The SMILES string of the molecule is C=C1CC[C@@H]2[C@](C)(COC(C)=O)[C@H](OC(C)=O)CC[C@@]2(C)[C@@H]1C[C@H](SC(=S)N(C)Cc1ccc(F)cc1)C1=CCOC1=O. The number of ether oxygens (including phenoxy) is 3. The molecule has 43 heavy (non-hydrogen) atoms. The summed E-state index contributed by atoms with van der Waals surface area (Å²) in [5.74, 6) is -1.22. The summed E-state index contributed by atoms with van der Waals surface area (Å²) >= 11 is 7.33. The molecular formula is C33H42FNO6S2. The summed E-state index contributed by atoms with van der Waals surface area (Å²) in [6, 6.07) is 6.33. The number of nitrogens with zero attached hydrogens (tertiary/aromatic N) is 1. The number of rotatable bonds is 9. The van der Waals surface area contributed by atoms with Crippen LogP contribution in [-0.2, 0) is 35.1 Å². The molecule has 6 atom stereocenters. The Labute approximate surface area is 263 Å². The molecule has 1 heterocycles. The molecule has 1 aromatic carbocycles. The third-order valence-corrected chi connectivity index (χ3v) is 11.5. The zero-order chi connectivity index (χ0) is 31.5. The fourth-order valence-electron chi connectivity index (χ4n) is 7.48. The van der Waals surface area contributed by atoms with Crippen LogP contribution >= 0.6 is 24.0 Å². The first-order valence-corrected chi connectivity index (χ1v) is 16.0. The molecule has 4 rings (SSSR count). The first kappa shape index (κ1) is 33.2. The lowest BCUT2D eigenvalue weighted by molar-refractivity contribution is -0.191. The summed E-state index contributed by atoms with van der Waals surface area (Å²) in [4.78, 5) is 38.8. The number of hydrogen-bond acceptors (Lipinski definition) is 8. The molecule has 2 saturated carbocycles. The van der Waals surface area contributed by atoms with E-state index >= 15 is 0 Å². The number of allylic oxidation sites excluding steroid dienone is 1. The van der Waals surface area contributed by atoms with Gasteiger partial charge in [-0.15, -0.1) is 0 Å². The molecule has 2 aliphatic carbocycles. The van der Waals surface area contributed by atoms with E-state index in [9.17, 15) is 18.8 Å². The van der Waals surface area contributed by atoms with Crippen molar-refractivity contribution in [2.24, 2.45) is 22.7 Å². The number of carbonyl (C=O) groups excluding carboxylic acids is 3. The zero-order valence-corrected chi connectivity index (χ0v) is 27.3. The standard InChI is InChI=1S/C33H42FNO6S2/c1-20-7-12-28-32(4,15-13-29(41-22(3)37)33(28,5)19-40-21(2)36)26(20)17-27(25-14-16-39-30(25)38)43-31(42)35(6)18-23-8-10-24(34)11-9-23/h8-11,14,26-29H,1,7,12-13,15-19H2,2-6H3/t26-,27+,28+,29-,32+,33+/m1/s1. The molecular weight excluding hydrogens is 589 g/mol. The van der Waals surface area contributed by atoms with Crippen molar-refractivity contribution in [3.63, 3.8) is 0 Å². The largest absolute Gasteiger partial charge is 0.465 e. The van der Waals surface area contributed by atoms with Crippen molar-refractivity contribution in [3.8, 4) is 0 Å². The van der Waals surface area contributed by atoms with Gasteiger partial charge in [-0.2, -0.15) is 0 Å². The van der Waals surface area contributed by atoms with E-state index in [1.807, 2.05) is 18.0 Å². The van der Waals surface area contributed by atoms with Gasteiger partial charge in [0.25, 0.3) is 0 Å². The van der Waals surface area contributed by atoms with Gasteiger partial charge in [-0.05, 0) is 73.1 Å². The summed E-state index contributed by atoms with van der Waals surface area (Å²) < 4.78 is 30.8. The van der Waals surface area contributed by atoms with E-state index in [4.69, 9.17) is 26.4 Å². The Bertz CT molecular complexity index is 1300. The van der Waals surface area contributed by atoms with E-state index in [2.05, 4.69) is 20.4 Å². The van der Waals surface area contributed by atoms with Gasteiger partial charge >= 0.3 is 17.9 Å². The van der Waals surface area contributed by atoms with E-state index in [0.29, 0.717) is 29.3 Å². The van der Waals surface area contributed by atoms with Crippen LogP contribution in [-0.4, -0.2) is 58.7 Å². The Morgan fingerprint density at radius 1 is 1.21 bits per heavy atom. The number of cyclic esters (lactones) is 1. The van der Waals surface area contributed by atoms with Crippen molar-refractivity contribution in [1.82, 2.24) is 4.90 Å². The van der Waals surface area contributed by atoms with Crippen molar-refractivity contribution < 1.29 is 33.0 Å². The monoisotopic (exact) mass is 631 g/mol. The van der Waals surface area contributed by atoms with Crippen LogP contribution in [0.5, 0.6) is 0 Å². The van der Waals surface area contributed by atoms with Crippen LogP contribution < -0.4 is 0 Å². The predicted molar refractivity (Wildman–Crippen MR) is 168 cm³/mol. The Morgan fingerprint density at radius 2 is 1.91 bits per heavy atom. The third-order valence-electron chi connectivity index (χ3n) is 9.65. The Hall–Kier alpha value is -2.72. The van der Waals surface area contributed by atoms with Gasteiger partial charge < -0.3 is 19.1 Å². The smallest absolute Gasteiger partial charge is 0.335 e. The van der Waals surface area contributed by atoms with Crippen LogP contribution in [0.25, 0.3) is 0 Å². The first-order chi connectivity index (χ1) is 20.2. The van der Waals surface area contributed by atoms with Crippen molar-refractivity contribution in [2.45, 2.75) is 77.7 Å². The Kier molecular flexibility index (Phi) is 10.4. The summed E-state index contributed by atoms with van der Waals surface area (Å²) in [5, 5.41) is -0.263. The molecule has 234 valence electrons. The Morgan fingerprint density at radius 3 is 2.51 bits per heavy atom. The van der Waals surface area contributed by atoms with E-state index in [1.165, 1.54) is 37.7 Å². The van der Waals surface area contributed by atoms with E-state index in [-0.39, 0.29) is 65.5 Å². The summed E-state index contributed by atoms with van der Waals surface area (Å²) in [6.45, 7) is 12.6. The molecule has 3 aliphatic rings. The highest BCUT2D eigenvalue weighted by atomic mass is 32.2. The van der Waals surface area contributed by atoms with Crippen molar-refractivity contribution in [3.05, 3.63) is 59.4 Å². The number of halogens is 1. The second-order valence-corrected chi connectivity index (χ2v) is 14.4. The third kappa shape index (κ3) is 7.33. The lowest BCUT2D eigenvalue weighted by atomic mass is 9.46. The highest BCUT2D eigenvalue weighted by Crippen LogP contribution is 2.63. The molecule has 1 aliphatic heterocycles. The average molecular weight is 632 g/mol. The minimum atomic E-state index is -0.581. The first-order valence-electron chi connectivity index (χ1n) is 14.8. The summed E-state index contributed by atoms with van der Waals surface area (Å²) in [5.41, 5.74) is 1.84. The number of carbonyl (C=O) groups is 3. The van der Waals surface area contributed by atoms with Gasteiger partial charge in [0.2, 0.25) is 0 Å². The van der Waals surface area contributed by atoms with E-state index in [1.54, 1.807) is 12.1 Å². The van der Waals surface area contributed by atoms with Crippen LogP contribution in [0.1, 0.15) is 65.4 Å². The second kappa shape index (κ2) is 13.5. The highest BCUT2D eigenvalue weighted by Gasteiger charge is 2.60. The molecule has 2 fully saturated rings. The molecule has 7 nitrogen and oxygen atoms in total. The molecule has 0 unspecified atom stereocenters. The van der Waals surface area contributed by atoms with Gasteiger partial charge in [-0.25, -0.2) is 9.18 Å². The maximum absolute atomic E-state index is 13.4. The van der Waals surface area contributed by atoms with Gasteiger partial charge in [0.05, 0.1) is 5.57 Å². The number of thioether (sulfide) groups is 1. The van der Waals surface area contributed by atoms with Crippen LogP contribution in [0.3, 0.4) is 0 Å². The molecule has 0 bridgehead atoms. The molecule has 0 saturated heterocycles. The van der Waals surface area contributed by atoms with Gasteiger partial charge in [0, 0.05) is 38.1 Å². The number of hydrogen-bond donors (Lipinski definition) is 0. The minimum absolute atomic E-state index is 0.0400. The predicted octanol–water partition coefficient (Wildman–Crippen LogP) is 6.40. The van der Waals surface area contributed by atoms with Crippen molar-refractivity contribution >= 4 is 46.2 Å². The minimum Gasteiger partial charge on any atom is -0.465 e. The van der Waals surface area contributed by atoms with Crippen LogP contribution in [0.2, 0.25) is 0 Å². The Balaban J connectivity index is 1.61. The molecule has 0 spiro atoms. The average Bonchev–Trinajstić information content (AvgIpc) is 3.37. The quantitative estimate of drug-likeness (QED) is 0.133. The second-order valence-electron chi connectivity index (χ2n) is 12.6. The molecule has 0 amide bonds. The van der Waals surface area contributed by atoms with Gasteiger partial charge in [0.1, 0.15) is 29.5 Å². The van der Waals surface area contributed by atoms with Crippen LogP contribution in [0, 0.1) is 28.5 Å². The van der Waals surface area contributed by atoms with Crippen molar-refractivity contribution in [2.75, 3.05) is 20.3 Å². The summed E-state index contributed by atoms with van der Waals surface area (Å²) in [6.07, 6.45) is 5.15. The number of fused-ring (bicyclic) bond motifs is 1. The maximum Gasteiger partial charge on any atom is 0.335 e. The van der Waals surface area contributed by atoms with E-state index in [0.717, 1.165) is 30.4 Å². The van der Waals surface area contributed by atoms with Crippen molar-refractivity contribution in [1.29, 1.82) is 0 Å².